The van der Waals surface area contributed by atoms with Gasteiger partial charge < -0.3 is 10.6 Å². The van der Waals surface area contributed by atoms with Crippen LogP contribution < -0.4 is 10.6 Å². The monoisotopic (exact) mass is 430 g/mol. The lowest BCUT2D eigenvalue weighted by Crippen LogP contribution is -2.11. The zero-order valence-corrected chi connectivity index (χ0v) is 17.9. The molecule has 5 rings (SSSR count). The number of pyridine rings is 2. The van der Waals surface area contributed by atoms with Crippen molar-refractivity contribution in [1.82, 2.24) is 9.97 Å². The molecule has 5 heteroatoms. The Morgan fingerprint density at radius 2 is 1.39 bits per heavy atom. The van der Waals surface area contributed by atoms with Crippen molar-refractivity contribution < 1.29 is 4.79 Å². The Morgan fingerprint density at radius 1 is 0.697 bits per heavy atom. The van der Waals surface area contributed by atoms with Gasteiger partial charge in [-0.25, -0.2) is 0 Å². The Bertz CT molecular complexity index is 1380. The molecule has 5 aromatic rings. The molecule has 2 N–H and O–H groups in total. The average molecular weight is 431 g/mol. The second kappa shape index (κ2) is 9.32. The molecule has 0 aliphatic heterocycles. The van der Waals surface area contributed by atoms with Gasteiger partial charge >= 0.3 is 0 Å². The quantitative estimate of drug-likeness (QED) is 0.336. The fourth-order valence-corrected chi connectivity index (χ4v) is 3.71. The van der Waals surface area contributed by atoms with Crippen LogP contribution in [0.5, 0.6) is 0 Å². The van der Waals surface area contributed by atoms with Crippen LogP contribution in [0.2, 0.25) is 0 Å². The summed E-state index contributed by atoms with van der Waals surface area (Å²) in [7, 11) is 0. The Balaban J connectivity index is 1.23. The van der Waals surface area contributed by atoms with Gasteiger partial charge in [-0.05, 0) is 78.2 Å². The number of anilines is 3. The first-order valence-corrected chi connectivity index (χ1v) is 10.7. The van der Waals surface area contributed by atoms with Crippen LogP contribution >= 0.6 is 0 Å². The Labute approximate surface area is 192 Å². The highest BCUT2D eigenvalue weighted by Crippen LogP contribution is 2.25. The molecule has 0 saturated heterocycles. The number of aromatic nitrogens is 2. The molecule has 0 aliphatic carbocycles. The number of rotatable bonds is 6. The first-order valence-electron chi connectivity index (χ1n) is 10.7. The first kappa shape index (κ1) is 20.4. The van der Waals surface area contributed by atoms with Gasteiger partial charge in [0.2, 0.25) is 0 Å². The second-order valence-corrected chi connectivity index (χ2v) is 7.76. The van der Waals surface area contributed by atoms with E-state index in [-0.39, 0.29) is 5.91 Å². The summed E-state index contributed by atoms with van der Waals surface area (Å²) >= 11 is 0. The third kappa shape index (κ3) is 4.88. The van der Waals surface area contributed by atoms with Crippen LogP contribution in [0, 0.1) is 0 Å². The van der Waals surface area contributed by atoms with E-state index < -0.39 is 0 Å². The Morgan fingerprint density at radius 3 is 2.18 bits per heavy atom. The van der Waals surface area contributed by atoms with Gasteiger partial charge in [-0.15, -0.1) is 0 Å². The number of nitrogens with one attached hydrogen (secondary N) is 2. The zero-order valence-electron chi connectivity index (χ0n) is 17.9. The number of hydrogen-bond acceptors (Lipinski definition) is 4. The molecule has 0 unspecified atom stereocenters. The lowest BCUT2D eigenvalue weighted by Gasteiger charge is -2.11. The number of hydrogen-bond donors (Lipinski definition) is 2. The molecule has 0 bridgehead atoms. The van der Waals surface area contributed by atoms with Gasteiger partial charge in [-0.1, -0.05) is 30.3 Å². The van der Waals surface area contributed by atoms with E-state index in [1.54, 1.807) is 18.6 Å². The molecule has 0 radical (unpaired) electrons. The maximum atomic E-state index is 12.7. The fraction of sp³-hybridized carbons (Fsp3) is 0.0357. The summed E-state index contributed by atoms with van der Waals surface area (Å²) in [5.41, 5.74) is 6.57. The van der Waals surface area contributed by atoms with E-state index in [1.165, 1.54) is 11.1 Å². The van der Waals surface area contributed by atoms with Crippen LogP contribution in [0.1, 0.15) is 21.5 Å². The molecule has 0 aliphatic rings. The standard InChI is InChI=1S/C28H22N4O/c33-28(32-24-9-5-20(6-10-24)19-21-13-16-29-17-14-21)22-7-11-23(12-8-22)31-27-15-18-30-26-4-2-1-3-25(26)27/h1-18H,19H2,(H,30,31)(H,32,33). The smallest absolute Gasteiger partial charge is 0.255 e. The van der Waals surface area contributed by atoms with Crippen molar-refractivity contribution in [3.05, 3.63) is 126 Å². The van der Waals surface area contributed by atoms with Gasteiger partial charge in [0.1, 0.15) is 0 Å². The molecular formula is C28H22N4O. The minimum atomic E-state index is -0.141. The highest BCUT2D eigenvalue weighted by atomic mass is 16.1. The van der Waals surface area contributed by atoms with Crippen molar-refractivity contribution in [3.8, 4) is 0 Å². The highest BCUT2D eigenvalue weighted by molar-refractivity contribution is 6.04. The van der Waals surface area contributed by atoms with Crippen molar-refractivity contribution in [1.29, 1.82) is 0 Å². The molecule has 1 amide bonds. The normalized spacial score (nSPS) is 10.7. The second-order valence-electron chi connectivity index (χ2n) is 7.76. The van der Waals surface area contributed by atoms with E-state index in [0.29, 0.717) is 5.56 Å². The lowest BCUT2D eigenvalue weighted by molar-refractivity contribution is 0.102. The largest absolute Gasteiger partial charge is 0.355 e. The van der Waals surface area contributed by atoms with Gasteiger partial charge in [0.15, 0.2) is 0 Å². The number of carbonyl (C=O) groups is 1. The summed E-state index contributed by atoms with van der Waals surface area (Å²) in [6.45, 7) is 0. The molecular weight excluding hydrogens is 408 g/mol. The van der Waals surface area contributed by atoms with E-state index in [4.69, 9.17) is 0 Å². The van der Waals surface area contributed by atoms with Crippen LogP contribution in [-0.4, -0.2) is 15.9 Å². The number of carbonyl (C=O) groups excluding carboxylic acids is 1. The minimum Gasteiger partial charge on any atom is -0.355 e. The summed E-state index contributed by atoms with van der Waals surface area (Å²) in [4.78, 5) is 21.1. The fourth-order valence-electron chi connectivity index (χ4n) is 3.71. The molecule has 2 aromatic heterocycles. The minimum absolute atomic E-state index is 0.141. The third-order valence-electron chi connectivity index (χ3n) is 5.44. The van der Waals surface area contributed by atoms with Gasteiger partial charge in [0.25, 0.3) is 5.91 Å². The maximum absolute atomic E-state index is 12.7. The van der Waals surface area contributed by atoms with Crippen LogP contribution in [-0.2, 0) is 6.42 Å². The van der Waals surface area contributed by atoms with E-state index in [2.05, 4.69) is 20.6 Å². The number of nitrogens with zero attached hydrogens (tertiary/aromatic N) is 2. The predicted octanol–water partition coefficient (Wildman–Crippen LogP) is 6.22. The molecule has 0 spiro atoms. The number of amides is 1. The summed E-state index contributed by atoms with van der Waals surface area (Å²) in [5.74, 6) is -0.141. The summed E-state index contributed by atoms with van der Waals surface area (Å²) in [6.07, 6.45) is 6.21. The number of benzene rings is 3. The lowest BCUT2D eigenvalue weighted by atomic mass is 10.1. The van der Waals surface area contributed by atoms with Crippen molar-refractivity contribution in [2.45, 2.75) is 6.42 Å². The molecule has 3 aromatic carbocycles. The Kier molecular flexibility index (Phi) is 5.76. The van der Waals surface area contributed by atoms with E-state index in [0.717, 1.165) is 34.4 Å². The molecule has 160 valence electrons. The van der Waals surface area contributed by atoms with E-state index in [9.17, 15) is 4.79 Å². The van der Waals surface area contributed by atoms with E-state index >= 15 is 0 Å². The molecule has 0 atom stereocenters. The molecule has 5 nitrogen and oxygen atoms in total. The van der Waals surface area contributed by atoms with Gasteiger partial charge in [-0.2, -0.15) is 0 Å². The number of para-hydroxylation sites is 1. The van der Waals surface area contributed by atoms with Crippen molar-refractivity contribution in [3.63, 3.8) is 0 Å². The van der Waals surface area contributed by atoms with Crippen molar-refractivity contribution in [2.75, 3.05) is 10.6 Å². The average Bonchev–Trinajstić information content (AvgIpc) is 2.86. The SMILES string of the molecule is O=C(Nc1ccc(Cc2ccncc2)cc1)c1ccc(Nc2ccnc3ccccc23)cc1. The number of fused-ring (bicyclic) bond motifs is 1. The van der Waals surface area contributed by atoms with Gasteiger partial charge in [-0.3, -0.25) is 14.8 Å². The van der Waals surface area contributed by atoms with Crippen LogP contribution in [0.25, 0.3) is 10.9 Å². The van der Waals surface area contributed by atoms with Gasteiger partial charge in [0.05, 0.1) is 5.52 Å². The van der Waals surface area contributed by atoms with Gasteiger partial charge in [0, 0.05) is 46.6 Å². The maximum Gasteiger partial charge on any atom is 0.255 e. The zero-order chi connectivity index (χ0) is 22.5. The molecule has 0 fully saturated rings. The highest BCUT2D eigenvalue weighted by Gasteiger charge is 2.07. The van der Waals surface area contributed by atoms with E-state index in [1.807, 2.05) is 91.0 Å². The van der Waals surface area contributed by atoms with Crippen molar-refractivity contribution >= 4 is 33.9 Å². The van der Waals surface area contributed by atoms with Crippen LogP contribution in [0.15, 0.2) is 110 Å². The molecule has 33 heavy (non-hydrogen) atoms. The topological polar surface area (TPSA) is 66.9 Å². The summed E-state index contributed by atoms with van der Waals surface area (Å²) in [5, 5.41) is 7.43. The van der Waals surface area contributed by atoms with Crippen molar-refractivity contribution in [2.24, 2.45) is 0 Å². The van der Waals surface area contributed by atoms with Crippen LogP contribution in [0.4, 0.5) is 17.1 Å². The third-order valence-corrected chi connectivity index (χ3v) is 5.44. The summed E-state index contributed by atoms with van der Waals surface area (Å²) in [6, 6.07) is 29.3. The predicted molar refractivity (Wildman–Crippen MR) is 133 cm³/mol. The summed E-state index contributed by atoms with van der Waals surface area (Å²) < 4.78 is 0. The van der Waals surface area contributed by atoms with Crippen LogP contribution in [0.3, 0.4) is 0 Å². The Hall–Kier alpha value is -4.51. The molecule has 2 heterocycles. The first-order chi connectivity index (χ1) is 16.2. The molecule has 0 saturated carbocycles.